The van der Waals surface area contributed by atoms with E-state index < -0.39 is 0 Å². The van der Waals surface area contributed by atoms with Crippen molar-refractivity contribution in [3.05, 3.63) is 30.1 Å². The van der Waals surface area contributed by atoms with Gasteiger partial charge < -0.3 is 5.32 Å². The van der Waals surface area contributed by atoms with Gasteiger partial charge in [-0.2, -0.15) is 0 Å². The van der Waals surface area contributed by atoms with E-state index in [-0.39, 0.29) is 5.82 Å². The number of nitrogens with zero attached hydrogens (tertiary/aromatic N) is 1. The third-order valence-electron chi connectivity index (χ3n) is 3.87. The van der Waals surface area contributed by atoms with E-state index in [0.29, 0.717) is 17.8 Å². The van der Waals surface area contributed by atoms with Crippen molar-refractivity contribution >= 4 is 5.69 Å². The Kier molecular flexibility index (Phi) is 2.79. The molecule has 92 valence electrons. The number of hydrogen-bond donors (Lipinski definition) is 1. The van der Waals surface area contributed by atoms with Crippen molar-refractivity contribution in [3.8, 4) is 0 Å². The Bertz CT molecular complexity index is 403. The first-order chi connectivity index (χ1) is 8.24. The Morgan fingerprint density at radius 1 is 1.29 bits per heavy atom. The molecule has 1 aromatic rings. The molecule has 1 saturated carbocycles. The summed E-state index contributed by atoms with van der Waals surface area (Å²) in [5.74, 6) is -0.148. The highest BCUT2D eigenvalue weighted by molar-refractivity contribution is 5.45. The molecular weight excluding hydrogens is 215 g/mol. The van der Waals surface area contributed by atoms with Crippen molar-refractivity contribution < 1.29 is 4.39 Å². The third kappa shape index (κ3) is 2.29. The average molecular weight is 234 g/mol. The van der Waals surface area contributed by atoms with Crippen molar-refractivity contribution in [3.63, 3.8) is 0 Å². The smallest absolute Gasteiger partial charge is 0.146 e. The van der Waals surface area contributed by atoms with E-state index in [1.54, 1.807) is 6.07 Å². The molecule has 0 radical (unpaired) electrons. The van der Waals surface area contributed by atoms with Crippen LogP contribution in [-0.2, 0) is 0 Å². The van der Waals surface area contributed by atoms with E-state index in [9.17, 15) is 4.39 Å². The zero-order chi connectivity index (χ0) is 11.8. The molecule has 2 fully saturated rings. The molecule has 1 saturated heterocycles. The lowest BCUT2D eigenvalue weighted by Crippen LogP contribution is -2.31. The number of likely N-dealkylation sites (tertiary alicyclic amines) is 1. The van der Waals surface area contributed by atoms with Gasteiger partial charge in [0.15, 0.2) is 0 Å². The first-order valence-corrected chi connectivity index (χ1v) is 6.51. The summed E-state index contributed by atoms with van der Waals surface area (Å²) >= 11 is 0. The van der Waals surface area contributed by atoms with Gasteiger partial charge in [0.05, 0.1) is 5.69 Å². The van der Waals surface area contributed by atoms with E-state index in [4.69, 9.17) is 0 Å². The van der Waals surface area contributed by atoms with Crippen LogP contribution in [0.4, 0.5) is 10.1 Å². The van der Waals surface area contributed by atoms with Crippen LogP contribution in [0.3, 0.4) is 0 Å². The first kappa shape index (κ1) is 11.0. The van der Waals surface area contributed by atoms with Gasteiger partial charge in [0.2, 0.25) is 0 Å². The van der Waals surface area contributed by atoms with Crippen molar-refractivity contribution in [2.24, 2.45) is 0 Å². The lowest BCUT2D eigenvalue weighted by molar-refractivity contribution is 0.257. The summed E-state index contributed by atoms with van der Waals surface area (Å²) in [6.45, 7) is 3.33. The van der Waals surface area contributed by atoms with Gasteiger partial charge in [-0.05, 0) is 38.3 Å². The monoisotopic (exact) mass is 234 g/mol. The van der Waals surface area contributed by atoms with Crippen molar-refractivity contribution in [2.45, 2.75) is 44.3 Å². The second kappa shape index (κ2) is 4.30. The van der Waals surface area contributed by atoms with Crippen LogP contribution in [0.1, 0.15) is 26.2 Å². The molecule has 0 spiro atoms. The Hall–Kier alpha value is -1.09. The number of halogens is 1. The summed E-state index contributed by atoms with van der Waals surface area (Å²) in [6.07, 6.45) is 3.80. The maximum Gasteiger partial charge on any atom is 0.146 e. The number of rotatable bonds is 3. The summed E-state index contributed by atoms with van der Waals surface area (Å²) in [7, 11) is 0. The molecule has 0 bridgehead atoms. The minimum Gasteiger partial charge on any atom is -0.379 e. The van der Waals surface area contributed by atoms with Crippen molar-refractivity contribution in [1.29, 1.82) is 0 Å². The second-order valence-electron chi connectivity index (χ2n) is 5.33. The largest absolute Gasteiger partial charge is 0.379 e. The van der Waals surface area contributed by atoms with Gasteiger partial charge in [-0.1, -0.05) is 12.1 Å². The predicted molar refractivity (Wildman–Crippen MR) is 67.6 cm³/mol. The molecule has 1 heterocycles. The Morgan fingerprint density at radius 3 is 2.76 bits per heavy atom. The molecule has 1 aromatic carbocycles. The summed E-state index contributed by atoms with van der Waals surface area (Å²) in [4.78, 5) is 2.57. The molecule has 1 aliphatic carbocycles. The SMILES string of the molecule is CC1CC(Nc2ccccc2F)CN1C1CC1. The highest BCUT2D eigenvalue weighted by Crippen LogP contribution is 2.34. The average Bonchev–Trinajstić information content (AvgIpc) is 3.07. The number of hydrogen-bond acceptors (Lipinski definition) is 2. The van der Waals surface area contributed by atoms with Crippen molar-refractivity contribution in [2.75, 3.05) is 11.9 Å². The maximum atomic E-state index is 13.5. The molecule has 2 unspecified atom stereocenters. The highest BCUT2D eigenvalue weighted by Gasteiger charge is 2.38. The predicted octanol–water partition coefficient (Wildman–Crippen LogP) is 2.86. The van der Waals surface area contributed by atoms with Crippen LogP contribution in [0.5, 0.6) is 0 Å². The molecular formula is C14H19FN2. The topological polar surface area (TPSA) is 15.3 Å². The molecule has 3 heteroatoms. The van der Waals surface area contributed by atoms with E-state index in [1.165, 1.54) is 18.9 Å². The molecule has 1 N–H and O–H groups in total. The molecule has 2 atom stereocenters. The number of anilines is 1. The minimum absolute atomic E-state index is 0.148. The number of para-hydroxylation sites is 1. The van der Waals surface area contributed by atoms with E-state index in [0.717, 1.165) is 19.0 Å². The van der Waals surface area contributed by atoms with Gasteiger partial charge in [0.25, 0.3) is 0 Å². The zero-order valence-corrected chi connectivity index (χ0v) is 10.2. The fraction of sp³-hybridized carbons (Fsp3) is 0.571. The van der Waals surface area contributed by atoms with Gasteiger partial charge in [0, 0.05) is 24.7 Å². The highest BCUT2D eigenvalue weighted by atomic mass is 19.1. The maximum absolute atomic E-state index is 13.5. The first-order valence-electron chi connectivity index (χ1n) is 6.51. The van der Waals surface area contributed by atoms with Crippen molar-refractivity contribution in [1.82, 2.24) is 4.90 Å². The van der Waals surface area contributed by atoms with Gasteiger partial charge >= 0.3 is 0 Å². The lowest BCUT2D eigenvalue weighted by Gasteiger charge is -2.20. The van der Waals surface area contributed by atoms with E-state index in [1.807, 2.05) is 12.1 Å². The van der Waals surface area contributed by atoms with Crippen LogP contribution in [0.15, 0.2) is 24.3 Å². The Morgan fingerprint density at radius 2 is 2.06 bits per heavy atom. The van der Waals surface area contributed by atoms with Crippen LogP contribution in [0, 0.1) is 5.82 Å². The summed E-state index contributed by atoms with van der Waals surface area (Å²) < 4.78 is 13.5. The third-order valence-corrected chi connectivity index (χ3v) is 3.87. The quantitative estimate of drug-likeness (QED) is 0.865. The van der Waals surface area contributed by atoms with Crippen LogP contribution >= 0.6 is 0 Å². The molecule has 3 rings (SSSR count). The fourth-order valence-electron chi connectivity index (χ4n) is 2.87. The van der Waals surface area contributed by atoms with Crippen LogP contribution in [0.2, 0.25) is 0 Å². The van der Waals surface area contributed by atoms with Gasteiger partial charge in [-0.3, -0.25) is 4.90 Å². The summed E-state index contributed by atoms with van der Waals surface area (Å²) in [6, 6.07) is 8.77. The summed E-state index contributed by atoms with van der Waals surface area (Å²) in [5.41, 5.74) is 0.641. The molecule has 17 heavy (non-hydrogen) atoms. The van der Waals surface area contributed by atoms with Gasteiger partial charge in [0.1, 0.15) is 5.82 Å². The van der Waals surface area contributed by atoms with Crippen LogP contribution < -0.4 is 5.32 Å². The molecule has 2 nitrogen and oxygen atoms in total. The Labute approximate surface area is 102 Å². The molecule has 2 aliphatic rings. The zero-order valence-electron chi connectivity index (χ0n) is 10.2. The molecule has 0 amide bonds. The number of nitrogens with one attached hydrogen (secondary N) is 1. The molecule has 1 aliphatic heterocycles. The second-order valence-corrected chi connectivity index (χ2v) is 5.33. The standard InChI is InChI=1S/C14H19FN2/c1-10-8-11(9-17(10)12-6-7-12)16-14-5-3-2-4-13(14)15/h2-5,10-12,16H,6-9H2,1H3. The Balaban J connectivity index is 1.65. The minimum atomic E-state index is -0.148. The molecule has 0 aromatic heterocycles. The number of benzene rings is 1. The van der Waals surface area contributed by atoms with E-state index >= 15 is 0 Å². The van der Waals surface area contributed by atoms with E-state index in [2.05, 4.69) is 17.1 Å². The van der Waals surface area contributed by atoms with Gasteiger partial charge in [-0.25, -0.2) is 4.39 Å². The lowest BCUT2D eigenvalue weighted by atomic mass is 10.2. The van der Waals surface area contributed by atoms with Gasteiger partial charge in [-0.15, -0.1) is 0 Å². The van der Waals surface area contributed by atoms with Crippen LogP contribution in [0.25, 0.3) is 0 Å². The van der Waals surface area contributed by atoms with Crippen LogP contribution in [-0.4, -0.2) is 29.6 Å². The fourth-order valence-corrected chi connectivity index (χ4v) is 2.87. The summed E-state index contributed by atoms with van der Waals surface area (Å²) in [5, 5.41) is 3.34. The normalized spacial score (nSPS) is 29.5.